The highest BCUT2D eigenvalue weighted by Crippen LogP contribution is 2.21. The minimum Gasteiger partial charge on any atom is -0.305 e. The van der Waals surface area contributed by atoms with Crippen LogP contribution in [0.5, 0.6) is 0 Å². The zero-order chi connectivity index (χ0) is 23.7. The van der Waals surface area contributed by atoms with E-state index in [9.17, 15) is 9.59 Å². The van der Waals surface area contributed by atoms with Crippen LogP contribution in [-0.4, -0.2) is 25.5 Å². The van der Waals surface area contributed by atoms with Gasteiger partial charge < -0.3 is 5.32 Å². The Bertz CT molecular complexity index is 1560. The molecule has 0 aliphatic rings. The number of hydrogen-bond donors (Lipinski definition) is 1. The monoisotopic (exact) mass is 451 g/mol. The highest BCUT2D eigenvalue weighted by molar-refractivity contribution is 6.10. The summed E-state index contributed by atoms with van der Waals surface area (Å²) in [5.41, 5.74) is 1.13. The molecule has 3 aromatic carbocycles. The molecule has 0 fully saturated rings. The Kier molecular flexibility index (Phi) is 5.67. The Labute approximate surface area is 196 Å². The number of nitrogens with one attached hydrogen (secondary N) is 1. The summed E-state index contributed by atoms with van der Waals surface area (Å²) in [4.78, 5) is 26.2. The number of carbonyl (C=O) groups is 1. The predicted molar refractivity (Wildman–Crippen MR) is 134 cm³/mol. The molecule has 1 amide bonds. The van der Waals surface area contributed by atoms with Crippen molar-refractivity contribution in [2.45, 2.75) is 26.9 Å². The fourth-order valence-corrected chi connectivity index (χ4v) is 4.20. The van der Waals surface area contributed by atoms with Gasteiger partial charge in [-0.25, -0.2) is 9.36 Å². The largest absolute Gasteiger partial charge is 0.305 e. The minimum atomic E-state index is -0.381. The molecule has 0 aliphatic heterocycles. The molecule has 2 aromatic heterocycles. The van der Waals surface area contributed by atoms with Gasteiger partial charge in [0, 0.05) is 18.0 Å². The third-order valence-electron chi connectivity index (χ3n) is 5.78. The fraction of sp³-hybridized carbons (Fsp3) is 0.185. The summed E-state index contributed by atoms with van der Waals surface area (Å²) >= 11 is 0. The van der Waals surface area contributed by atoms with Crippen LogP contribution in [0.2, 0.25) is 0 Å². The van der Waals surface area contributed by atoms with Crippen molar-refractivity contribution in [2.75, 3.05) is 5.32 Å². The lowest BCUT2D eigenvalue weighted by atomic mass is 10.0. The Morgan fingerprint density at radius 1 is 0.882 bits per heavy atom. The normalized spacial score (nSPS) is 11.4. The van der Waals surface area contributed by atoms with Crippen LogP contribution in [0.15, 0.2) is 83.8 Å². The number of amides is 1. The highest BCUT2D eigenvalue weighted by atomic mass is 16.2. The van der Waals surface area contributed by atoms with Gasteiger partial charge in [-0.1, -0.05) is 74.5 Å². The second-order valence-corrected chi connectivity index (χ2v) is 8.74. The van der Waals surface area contributed by atoms with E-state index in [2.05, 4.69) is 39.8 Å². The lowest BCUT2D eigenvalue weighted by molar-refractivity contribution is 0.102. The average Bonchev–Trinajstić information content (AvgIpc) is 3.27. The van der Waals surface area contributed by atoms with Crippen molar-refractivity contribution in [1.82, 2.24) is 19.6 Å². The number of hydrogen-bond acceptors (Lipinski definition) is 4. The molecule has 0 bridgehead atoms. The second kappa shape index (κ2) is 8.94. The van der Waals surface area contributed by atoms with Gasteiger partial charge in [0.25, 0.3) is 11.5 Å². The number of fused-ring (bicyclic) bond motifs is 2. The van der Waals surface area contributed by atoms with E-state index in [1.165, 1.54) is 4.68 Å². The van der Waals surface area contributed by atoms with Gasteiger partial charge in [0.15, 0.2) is 5.69 Å². The van der Waals surface area contributed by atoms with Crippen LogP contribution in [0.1, 0.15) is 29.9 Å². The highest BCUT2D eigenvalue weighted by Gasteiger charge is 2.19. The number of anilines is 1. The van der Waals surface area contributed by atoms with Crippen molar-refractivity contribution in [3.05, 3.63) is 101 Å². The molecule has 7 nitrogen and oxygen atoms in total. The molecule has 0 saturated carbocycles. The predicted octanol–water partition coefficient (Wildman–Crippen LogP) is 4.70. The lowest BCUT2D eigenvalue weighted by Gasteiger charge is -2.14. The zero-order valence-corrected chi connectivity index (χ0v) is 19.1. The number of nitrogens with zero attached hydrogens (tertiary/aromatic N) is 4. The summed E-state index contributed by atoms with van der Waals surface area (Å²) in [6.07, 6.45) is 1.66. The number of benzene rings is 3. The topological polar surface area (TPSA) is 81.8 Å². The molecular weight excluding hydrogens is 426 g/mol. The summed E-state index contributed by atoms with van der Waals surface area (Å²) in [5, 5.41) is 15.1. The number of rotatable bonds is 6. The first-order chi connectivity index (χ1) is 16.5. The molecule has 0 aliphatic carbocycles. The Morgan fingerprint density at radius 3 is 2.38 bits per heavy atom. The van der Waals surface area contributed by atoms with E-state index in [1.54, 1.807) is 41.2 Å². The molecule has 5 rings (SSSR count). The van der Waals surface area contributed by atoms with Crippen molar-refractivity contribution >= 4 is 33.3 Å². The first-order valence-corrected chi connectivity index (χ1v) is 11.3. The molecule has 7 heteroatoms. The molecule has 1 N–H and O–H groups in total. The summed E-state index contributed by atoms with van der Waals surface area (Å²) in [5.74, 6) is 0.392. The SMILES string of the molecule is CC(C)Cn1nc(C(=O)Nc2ccnn2Cc2cccc3ccccc23)c2ccccc2c1=O. The summed E-state index contributed by atoms with van der Waals surface area (Å²) < 4.78 is 3.14. The summed E-state index contributed by atoms with van der Waals surface area (Å²) in [7, 11) is 0. The Hall–Kier alpha value is -4.26. The van der Waals surface area contributed by atoms with Gasteiger partial charge in [0.2, 0.25) is 0 Å². The van der Waals surface area contributed by atoms with Gasteiger partial charge in [-0.15, -0.1) is 0 Å². The maximum Gasteiger partial charge on any atom is 0.277 e. The molecule has 0 atom stereocenters. The van der Waals surface area contributed by atoms with E-state index < -0.39 is 0 Å². The third-order valence-corrected chi connectivity index (χ3v) is 5.78. The standard InChI is InChI=1S/C27H25N5O2/c1-18(2)16-32-27(34)23-13-6-5-12-22(23)25(30-32)26(33)29-24-14-15-28-31(24)17-20-10-7-9-19-8-3-4-11-21(19)20/h3-15,18H,16-17H2,1-2H3,(H,29,33). The average molecular weight is 452 g/mol. The van der Waals surface area contributed by atoms with Crippen LogP contribution < -0.4 is 10.9 Å². The molecule has 5 aromatic rings. The van der Waals surface area contributed by atoms with E-state index in [1.807, 2.05) is 32.0 Å². The fourth-order valence-electron chi connectivity index (χ4n) is 4.20. The quantitative estimate of drug-likeness (QED) is 0.406. The van der Waals surface area contributed by atoms with Gasteiger partial charge in [0.1, 0.15) is 5.82 Å². The third kappa shape index (κ3) is 4.08. The smallest absolute Gasteiger partial charge is 0.277 e. The van der Waals surface area contributed by atoms with Crippen molar-refractivity contribution in [3.63, 3.8) is 0 Å². The second-order valence-electron chi connectivity index (χ2n) is 8.74. The maximum absolute atomic E-state index is 13.4. The zero-order valence-electron chi connectivity index (χ0n) is 19.1. The molecule has 34 heavy (non-hydrogen) atoms. The van der Waals surface area contributed by atoms with E-state index in [0.717, 1.165) is 16.3 Å². The summed E-state index contributed by atoms with van der Waals surface area (Å²) in [6, 6.07) is 23.2. The van der Waals surface area contributed by atoms with Crippen molar-refractivity contribution in [2.24, 2.45) is 5.92 Å². The minimum absolute atomic E-state index is 0.193. The van der Waals surface area contributed by atoms with Gasteiger partial charge in [-0.05, 0) is 28.3 Å². The van der Waals surface area contributed by atoms with E-state index in [-0.39, 0.29) is 23.1 Å². The van der Waals surface area contributed by atoms with Crippen LogP contribution in [0.25, 0.3) is 21.5 Å². The Balaban J connectivity index is 1.49. The van der Waals surface area contributed by atoms with Crippen LogP contribution in [-0.2, 0) is 13.1 Å². The molecule has 0 spiro atoms. The van der Waals surface area contributed by atoms with Gasteiger partial charge in [-0.3, -0.25) is 9.59 Å². The van der Waals surface area contributed by atoms with Crippen molar-refractivity contribution in [3.8, 4) is 0 Å². The van der Waals surface area contributed by atoms with Crippen molar-refractivity contribution in [1.29, 1.82) is 0 Å². The first kappa shape index (κ1) is 21.6. The van der Waals surface area contributed by atoms with Crippen LogP contribution >= 0.6 is 0 Å². The number of carbonyl (C=O) groups excluding carboxylic acids is 1. The van der Waals surface area contributed by atoms with E-state index in [4.69, 9.17) is 0 Å². The van der Waals surface area contributed by atoms with E-state index >= 15 is 0 Å². The van der Waals surface area contributed by atoms with Crippen LogP contribution in [0, 0.1) is 5.92 Å². The Morgan fingerprint density at radius 2 is 1.59 bits per heavy atom. The molecule has 0 radical (unpaired) electrons. The first-order valence-electron chi connectivity index (χ1n) is 11.3. The van der Waals surface area contributed by atoms with Gasteiger partial charge in [-0.2, -0.15) is 10.2 Å². The summed E-state index contributed by atoms with van der Waals surface area (Å²) in [6.45, 7) is 4.96. The van der Waals surface area contributed by atoms with Crippen LogP contribution in [0.4, 0.5) is 5.82 Å². The molecule has 0 saturated heterocycles. The lowest BCUT2D eigenvalue weighted by Crippen LogP contribution is -2.29. The molecular formula is C27H25N5O2. The van der Waals surface area contributed by atoms with Crippen molar-refractivity contribution < 1.29 is 4.79 Å². The van der Waals surface area contributed by atoms with Gasteiger partial charge >= 0.3 is 0 Å². The molecule has 0 unspecified atom stereocenters. The molecule has 170 valence electrons. The number of aromatic nitrogens is 4. The van der Waals surface area contributed by atoms with E-state index in [0.29, 0.717) is 29.7 Å². The van der Waals surface area contributed by atoms with Crippen LogP contribution in [0.3, 0.4) is 0 Å². The van der Waals surface area contributed by atoms with Gasteiger partial charge in [0.05, 0.1) is 18.1 Å². The maximum atomic E-state index is 13.4. The molecule has 2 heterocycles.